The average molecular weight is 511 g/mol. The molecule has 3 aromatic rings. The van der Waals surface area contributed by atoms with Crippen LogP contribution in [0, 0.1) is 27.8 Å². The average Bonchev–Trinajstić information content (AvgIpc) is 2.84. The van der Waals surface area contributed by atoms with Gasteiger partial charge in [0.05, 0.1) is 21.0 Å². The summed E-state index contributed by atoms with van der Waals surface area (Å²) in [5, 5.41) is 15.4. The van der Waals surface area contributed by atoms with E-state index < -0.39 is 16.3 Å². The topological polar surface area (TPSA) is 87.4 Å². The number of hydrogen-bond donors (Lipinski definition) is 1. The van der Waals surface area contributed by atoms with Crippen molar-refractivity contribution >= 4 is 39.7 Å². The first-order chi connectivity index (χ1) is 17.0. The maximum Gasteiger partial charge on any atom is 0.285 e. The van der Waals surface area contributed by atoms with Gasteiger partial charge in [-0.2, -0.15) is 0 Å². The number of nitrogens with one attached hydrogen (secondary N) is 1. The maximum atomic E-state index is 13.5. The molecule has 1 saturated heterocycles. The van der Waals surface area contributed by atoms with E-state index in [2.05, 4.69) is 51.0 Å². The monoisotopic (exact) mass is 510 g/mol. The second kappa shape index (κ2) is 10.3. The molecule has 8 nitrogen and oxygen atoms in total. The van der Waals surface area contributed by atoms with Crippen LogP contribution in [0.4, 0.5) is 21.6 Å². The maximum absolute atomic E-state index is 13.5. The van der Waals surface area contributed by atoms with Crippen LogP contribution in [-0.2, 0) is 0 Å². The highest BCUT2D eigenvalue weighted by Gasteiger charge is 2.30. The third-order valence-electron chi connectivity index (χ3n) is 6.75. The highest BCUT2D eigenvalue weighted by atomic mass is 35.5. The van der Waals surface area contributed by atoms with Crippen molar-refractivity contribution in [1.29, 1.82) is 0 Å². The van der Waals surface area contributed by atoms with E-state index in [4.69, 9.17) is 11.6 Å². The van der Waals surface area contributed by atoms with Gasteiger partial charge >= 0.3 is 0 Å². The van der Waals surface area contributed by atoms with Crippen LogP contribution < -0.4 is 5.32 Å². The summed E-state index contributed by atoms with van der Waals surface area (Å²) in [7, 11) is 4.19. The van der Waals surface area contributed by atoms with Crippen LogP contribution in [0.3, 0.4) is 0 Å². The van der Waals surface area contributed by atoms with Crippen LogP contribution in [0.15, 0.2) is 36.7 Å². The van der Waals surface area contributed by atoms with Crippen molar-refractivity contribution < 1.29 is 9.31 Å². The second-order valence-electron chi connectivity index (χ2n) is 9.57. The van der Waals surface area contributed by atoms with E-state index in [0.29, 0.717) is 28.5 Å². The van der Waals surface area contributed by atoms with Gasteiger partial charge in [0.1, 0.15) is 23.5 Å². The van der Waals surface area contributed by atoms with Gasteiger partial charge in [-0.15, -0.1) is 0 Å². The van der Waals surface area contributed by atoms with Crippen LogP contribution in [0.2, 0.25) is 5.02 Å². The Balaban J connectivity index is 1.68. The lowest BCUT2D eigenvalue weighted by Gasteiger charge is -2.41. The molecular formula is C26H28ClFN6O2. The standard InChI is InChI=1S/C26H28ClFN6O2/c1-26(2,33(4)19-8-11-32(3)12-9-19)10-7-17-13-23-20(15-24(17)34(35)36)25(30-16-29-23)31-18-5-6-22(28)21(27)14-18/h5-6,13-16,19H,8-9,11-12H2,1-4H3,(H,29,30,31). The highest BCUT2D eigenvalue weighted by molar-refractivity contribution is 6.31. The van der Waals surface area contributed by atoms with Crippen molar-refractivity contribution in [2.45, 2.75) is 38.3 Å². The van der Waals surface area contributed by atoms with Crippen molar-refractivity contribution in [2.24, 2.45) is 0 Å². The first-order valence-electron chi connectivity index (χ1n) is 11.6. The Kier molecular flexibility index (Phi) is 7.41. The largest absolute Gasteiger partial charge is 0.340 e. The number of fused-ring (bicyclic) bond motifs is 1. The van der Waals surface area contributed by atoms with E-state index in [0.717, 1.165) is 25.9 Å². The molecule has 2 heterocycles. The summed E-state index contributed by atoms with van der Waals surface area (Å²) in [6.07, 6.45) is 3.47. The number of halogens is 2. The fourth-order valence-electron chi connectivity index (χ4n) is 4.30. The van der Waals surface area contributed by atoms with Crippen LogP contribution in [0.5, 0.6) is 0 Å². The molecule has 1 aliphatic heterocycles. The molecule has 0 amide bonds. The van der Waals surface area contributed by atoms with E-state index >= 15 is 0 Å². The fourth-order valence-corrected chi connectivity index (χ4v) is 4.48. The molecule has 1 aliphatic rings. The van der Waals surface area contributed by atoms with Crippen LogP contribution in [-0.4, -0.2) is 63.5 Å². The van der Waals surface area contributed by atoms with Gasteiger partial charge in [0.15, 0.2) is 0 Å². The Bertz CT molecular complexity index is 1360. The van der Waals surface area contributed by atoms with Gasteiger partial charge in [-0.25, -0.2) is 14.4 Å². The zero-order valence-electron chi connectivity index (χ0n) is 20.7. The molecule has 0 aliphatic carbocycles. The van der Waals surface area contributed by atoms with E-state index in [1.165, 1.54) is 30.6 Å². The lowest BCUT2D eigenvalue weighted by molar-refractivity contribution is -0.385. The summed E-state index contributed by atoms with van der Waals surface area (Å²) in [6, 6.07) is 7.58. The molecule has 1 aromatic heterocycles. The Hall–Kier alpha value is -3.32. The van der Waals surface area contributed by atoms with Gasteiger partial charge in [0, 0.05) is 23.2 Å². The number of likely N-dealkylation sites (tertiary alicyclic amines) is 1. The number of nitrogens with zero attached hydrogens (tertiary/aromatic N) is 5. The molecule has 36 heavy (non-hydrogen) atoms. The molecule has 0 saturated carbocycles. The van der Waals surface area contributed by atoms with Gasteiger partial charge in [0.2, 0.25) is 0 Å². The van der Waals surface area contributed by atoms with Crippen molar-refractivity contribution in [3.05, 3.63) is 63.2 Å². The number of nitro benzene ring substituents is 1. The van der Waals surface area contributed by atoms with Gasteiger partial charge in [-0.05, 0) is 78.1 Å². The molecule has 188 valence electrons. The summed E-state index contributed by atoms with van der Waals surface area (Å²) in [4.78, 5) is 24.6. The zero-order chi connectivity index (χ0) is 26.0. The molecule has 0 atom stereocenters. The van der Waals surface area contributed by atoms with Gasteiger partial charge < -0.3 is 10.2 Å². The zero-order valence-corrected chi connectivity index (χ0v) is 21.4. The Morgan fingerprint density at radius 1 is 1.25 bits per heavy atom. The van der Waals surface area contributed by atoms with Gasteiger partial charge in [0.25, 0.3) is 5.69 Å². The smallest absolute Gasteiger partial charge is 0.285 e. The summed E-state index contributed by atoms with van der Waals surface area (Å²) < 4.78 is 13.5. The van der Waals surface area contributed by atoms with E-state index in [1.54, 1.807) is 6.07 Å². The third-order valence-corrected chi connectivity index (χ3v) is 7.04. The minimum Gasteiger partial charge on any atom is -0.340 e. The lowest BCUT2D eigenvalue weighted by Crippen LogP contribution is -2.50. The van der Waals surface area contributed by atoms with E-state index in [9.17, 15) is 14.5 Å². The highest BCUT2D eigenvalue weighted by Crippen LogP contribution is 2.31. The van der Waals surface area contributed by atoms with E-state index in [1.807, 2.05) is 13.8 Å². The Morgan fingerprint density at radius 2 is 1.97 bits per heavy atom. The Labute approximate surface area is 214 Å². The molecule has 1 fully saturated rings. The number of hydrogen-bond acceptors (Lipinski definition) is 7. The molecule has 10 heteroatoms. The van der Waals surface area contributed by atoms with Crippen molar-refractivity contribution in [2.75, 3.05) is 32.5 Å². The summed E-state index contributed by atoms with van der Waals surface area (Å²) in [5.74, 6) is 6.11. The molecule has 0 bridgehead atoms. The van der Waals surface area contributed by atoms with E-state index in [-0.39, 0.29) is 16.3 Å². The molecular weight excluding hydrogens is 483 g/mol. The van der Waals surface area contributed by atoms with Gasteiger partial charge in [-0.3, -0.25) is 15.0 Å². The SMILES string of the molecule is CN1CCC(N(C)C(C)(C)C#Cc2cc3ncnc(Nc4ccc(F)c(Cl)c4)c3cc2[N+](=O)[O-])CC1. The number of rotatable bonds is 5. The van der Waals surface area contributed by atoms with Crippen molar-refractivity contribution in [1.82, 2.24) is 19.8 Å². The van der Waals surface area contributed by atoms with Crippen molar-refractivity contribution in [3.8, 4) is 11.8 Å². The quantitative estimate of drug-likeness (QED) is 0.285. The first-order valence-corrected chi connectivity index (χ1v) is 12.0. The molecule has 0 spiro atoms. The summed E-state index contributed by atoms with van der Waals surface area (Å²) >= 11 is 5.88. The first kappa shape index (κ1) is 25.8. The number of piperidine rings is 1. The summed E-state index contributed by atoms with van der Waals surface area (Å²) in [5.41, 5.74) is 0.655. The number of aromatic nitrogens is 2. The number of benzene rings is 2. The predicted molar refractivity (Wildman–Crippen MR) is 140 cm³/mol. The predicted octanol–water partition coefficient (Wildman–Crippen LogP) is 5.23. The fraction of sp³-hybridized carbons (Fsp3) is 0.385. The molecule has 0 unspecified atom stereocenters. The molecule has 4 rings (SSSR count). The number of anilines is 2. The van der Waals surface area contributed by atoms with Crippen LogP contribution in [0.25, 0.3) is 10.9 Å². The number of nitro groups is 1. The second-order valence-corrected chi connectivity index (χ2v) is 9.98. The van der Waals surface area contributed by atoms with Crippen LogP contribution >= 0.6 is 11.6 Å². The normalized spacial score (nSPS) is 15.1. The summed E-state index contributed by atoms with van der Waals surface area (Å²) in [6.45, 7) is 6.14. The molecule has 1 N–H and O–H groups in total. The Morgan fingerprint density at radius 3 is 2.64 bits per heavy atom. The molecule has 2 aromatic carbocycles. The molecule has 0 radical (unpaired) electrons. The minimum atomic E-state index is -0.544. The third kappa shape index (κ3) is 5.57. The van der Waals surface area contributed by atoms with Gasteiger partial charge in [-0.1, -0.05) is 23.4 Å². The lowest BCUT2D eigenvalue weighted by atomic mass is 9.96. The minimum absolute atomic E-state index is 0.0465. The van der Waals surface area contributed by atoms with Crippen LogP contribution in [0.1, 0.15) is 32.3 Å². The van der Waals surface area contributed by atoms with Crippen molar-refractivity contribution in [3.63, 3.8) is 0 Å².